The Hall–Kier alpha value is -6.98. The molecule has 0 N–H and O–H groups in total. The maximum Gasteiger partial charge on any atom is 0.333 e. The molecule has 0 amide bonds. The smallest absolute Gasteiger partial charge is 0.333 e. The Balaban J connectivity index is 1.18. The lowest BCUT2D eigenvalue weighted by Gasteiger charge is -2.53. The Morgan fingerprint density at radius 1 is 0.493 bits per heavy atom. The second-order valence-corrected chi connectivity index (χ2v) is 22.0. The molecule has 4 heterocycles. The van der Waals surface area contributed by atoms with Crippen molar-refractivity contribution in [2.24, 2.45) is 0 Å². The third-order valence-corrected chi connectivity index (χ3v) is 16.1. The number of hydrogen-bond acceptors (Lipinski definition) is 4. The van der Waals surface area contributed by atoms with Crippen molar-refractivity contribution in [3.8, 4) is 34.1 Å². The van der Waals surface area contributed by atoms with Gasteiger partial charge in [0.05, 0.1) is 5.41 Å². The molecule has 0 atom stereocenters. The van der Waals surface area contributed by atoms with Gasteiger partial charge in [-0.2, -0.15) is 0 Å². The first kappa shape index (κ1) is 40.3. The molecule has 8 aromatic carbocycles. The summed E-state index contributed by atoms with van der Waals surface area (Å²) >= 11 is 0. The zero-order chi connectivity index (χ0) is 45.8. The van der Waals surface area contributed by atoms with Crippen LogP contribution in [0.4, 0.5) is 28.4 Å². The van der Waals surface area contributed by atoms with Crippen molar-refractivity contribution in [3.05, 3.63) is 208 Å². The number of benzene rings is 8. The minimum Gasteiger partial charge on any atom is -0.450 e. The van der Waals surface area contributed by atoms with Crippen molar-refractivity contribution in [1.29, 1.82) is 0 Å². The molecule has 0 spiro atoms. The van der Waals surface area contributed by atoms with Crippen LogP contribution >= 0.6 is 0 Å². The second kappa shape index (κ2) is 13.8. The van der Waals surface area contributed by atoms with Gasteiger partial charge in [-0.25, -0.2) is 0 Å². The van der Waals surface area contributed by atoms with Crippen LogP contribution in [0.25, 0.3) is 11.1 Å². The van der Waals surface area contributed by atoms with Crippen molar-refractivity contribution in [2.45, 2.75) is 89.9 Å². The van der Waals surface area contributed by atoms with Gasteiger partial charge in [-0.3, -0.25) is 0 Å². The molecule has 5 heteroatoms. The highest BCUT2D eigenvalue weighted by atomic mass is 16.6. The highest BCUT2D eigenvalue weighted by Crippen LogP contribution is 2.61. The fourth-order valence-electron chi connectivity index (χ4n) is 12.5. The maximum atomic E-state index is 6.86. The van der Waals surface area contributed by atoms with Gasteiger partial charge in [0.25, 0.3) is 0 Å². The largest absolute Gasteiger partial charge is 0.450 e. The summed E-state index contributed by atoms with van der Waals surface area (Å²) in [5.41, 5.74) is 20.9. The summed E-state index contributed by atoms with van der Waals surface area (Å²) in [6, 6.07) is 61.3. The van der Waals surface area contributed by atoms with Crippen LogP contribution in [0.2, 0.25) is 0 Å². The van der Waals surface area contributed by atoms with Gasteiger partial charge < -0.3 is 19.2 Å². The first-order valence-corrected chi connectivity index (χ1v) is 24.2. The van der Waals surface area contributed by atoms with E-state index >= 15 is 0 Å². The first-order valence-electron chi connectivity index (χ1n) is 24.2. The second-order valence-electron chi connectivity index (χ2n) is 22.0. The van der Waals surface area contributed by atoms with Gasteiger partial charge in [-0.15, -0.1) is 0 Å². The molecule has 5 aliphatic rings. The fraction of sp³-hybridized carbons (Fsp3) is 0.226. The number of rotatable bonds is 3. The molecule has 4 aliphatic heterocycles. The van der Waals surface area contributed by atoms with Crippen LogP contribution < -0.4 is 30.1 Å². The average molecular weight is 871 g/mol. The quantitative estimate of drug-likeness (QED) is 0.165. The van der Waals surface area contributed by atoms with Crippen LogP contribution in [-0.2, 0) is 21.7 Å². The standard InChI is InChI=1S/C62H55BN2O2/c1-38-32-46-47(61(7,8)31-30-60(46,5)6)35-50(38)64-51-37-56-55(66-53-28-17-18-29-54(53)67-56)36-48(51)63-57-43(33-41(34-52(57)64)59(2,3)4)42-24-19-26-45-58(42)65(63)49-27-16-15-25-44(49)62(45,39-20-11-9-12-21-39)40-22-13-10-14-23-40/h9-29,32-37H,30-31H2,1-8H3. The highest BCUT2D eigenvalue weighted by Gasteiger charge is 2.54. The van der Waals surface area contributed by atoms with Gasteiger partial charge in [0.1, 0.15) is 0 Å². The van der Waals surface area contributed by atoms with Gasteiger partial charge in [0.15, 0.2) is 23.0 Å². The minimum atomic E-state index is -0.593. The van der Waals surface area contributed by atoms with Crippen LogP contribution in [0.3, 0.4) is 0 Å². The molecular weight excluding hydrogens is 816 g/mol. The lowest BCUT2D eigenvalue weighted by atomic mass is 9.42. The molecule has 1 aliphatic carbocycles. The third-order valence-electron chi connectivity index (χ3n) is 16.1. The molecule has 67 heavy (non-hydrogen) atoms. The van der Waals surface area contributed by atoms with Crippen LogP contribution in [0.15, 0.2) is 164 Å². The van der Waals surface area contributed by atoms with E-state index in [1.54, 1.807) is 0 Å². The van der Waals surface area contributed by atoms with E-state index in [4.69, 9.17) is 9.47 Å². The van der Waals surface area contributed by atoms with Gasteiger partial charge in [-0.05, 0) is 133 Å². The van der Waals surface area contributed by atoms with Crippen LogP contribution in [0.1, 0.15) is 106 Å². The summed E-state index contributed by atoms with van der Waals surface area (Å²) in [4.78, 5) is 5.29. The molecule has 0 bridgehead atoms. The van der Waals surface area contributed by atoms with Crippen molar-refractivity contribution in [2.75, 3.05) is 9.71 Å². The Kier molecular flexibility index (Phi) is 8.30. The fourth-order valence-corrected chi connectivity index (χ4v) is 12.5. The van der Waals surface area contributed by atoms with Gasteiger partial charge in [0.2, 0.25) is 0 Å². The SMILES string of the molecule is Cc1cc2c(cc1N1c3cc4c(cc3B3c5c(cc(C(C)(C)C)cc51)-c1cccc5c1N3c1ccccc1C5(c1ccccc1)c1ccccc1)Oc1ccccc1O4)C(C)(C)CCC2(C)C. The third kappa shape index (κ3) is 5.55. The summed E-state index contributed by atoms with van der Waals surface area (Å²) < 4.78 is 13.7. The normalized spacial score (nSPS) is 17.0. The molecule has 0 fully saturated rings. The Morgan fingerprint density at radius 2 is 1.07 bits per heavy atom. The van der Waals surface area contributed by atoms with E-state index < -0.39 is 5.41 Å². The first-order chi connectivity index (χ1) is 32.3. The van der Waals surface area contributed by atoms with Gasteiger partial charge in [-0.1, -0.05) is 170 Å². The van der Waals surface area contributed by atoms with E-state index in [-0.39, 0.29) is 23.1 Å². The number of ether oxygens (including phenoxy) is 2. The van der Waals surface area contributed by atoms with E-state index in [9.17, 15) is 0 Å². The van der Waals surface area contributed by atoms with Crippen LogP contribution in [0.5, 0.6) is 23.0 Å². The lowest BCUT2D eigenvalue weighted by Crippen LogP contribution is -2.63. The number of aryl methyl sites for hydroxylation is 1. The number of hydrogen-bond donors (Lipinski definition) is 0. The molecule has 0 saturated heterocycles. The summed E-state index contributed by atoms with van der Waals surface area (Å²) in [5.74, 6) is 2.90. The topological polar surface area (TPSA) is 24.9 Å². The maximum absolute atomic E-state index is 6.86. The monoisotopic (exact) mass is 870 g/mol. The molecular formula is C62H55BN2O2. The molecule has 0 unspecified atom stereocenters. The molecule has 13 rings (SSSR count). The van der Waals surface area contributed by atoms with E-state index in [0.29, 0.717) is 0 Å². The molecule has 0 radical (unpaired) electrons. The molecule has 328 valence electrons. The van der Waals surface area contributed by atoms with Crippen molar-refractivity contribution in [3.63, 3.8) is 0 Å². The van der Waals surface area contributed by atoms with Crippen LogP contribution in [0, 0.1) is 6.92 Å². The summed E-state index contributed by atoms with van der Waals surface area (Å²) in [6.45, 7) is 18.9. The Bertz CT molecular complexity index is 3340. The van der Waals surface area contributed by atoms with Crippen molar-refractivity contribution < 1.29 is 9.47 Å². The van der Waals surface area contributed by atoms with Crippen LogP contribution in [-0.4, -0.2) is 6.85 Å². The number of anilines is 5. The van der Waals surface area contributed by atoms with E-state index in [0.717, 1.165) is 35.1 Å². The van der Waals surface area contributed by atoms with E-state index in [1.165, 1.54) is 95.7 Å². The molecule has 0 saturated carbocycles. The lowest BCUT2D eigenvalue weighted by molar-refractivity contribution is 0.332. The zero-order valence-electron chi connectivity index (χ0n) is 39.8. The van der Waals surface area contributed by atoms with Crippen molar-refractivity contribution >= 4 is 46.2 Å². The Morgan fingerprint density at radius 3 is 1.73 bits per heavy atom. The van der Waals surface area contributed by atoms with Gasteiger partial charge >= 0.3 is 6.85 Å². The van der Waals surface area contributed by atoms with E-state index in [2.05, 4.69) is 205 Å². The van der Waals surface area contributed by atoms with Crippen molar-refractivity contribution in [1.82, 2.24) is 0 Å². The number of para-hydroxylation sites is 4. The van der Waals surface area contributed by atoms with E-state index in [1.807, 2.05) is 24.3 Å². The highest BCUT2D eigenvalue weighted by molar-refractivity contribution is 6.93. The summed E-state index contributed by atoms with van der Waals surface area (Å²) in [5, 5.41) is 0. The molecule has 0 aromatic heterocycles. The number of nitrogens with zero attached hydrogens (tertiary/aromatic N) is 2. The minimum absolute atomic E-state index is 0.0223. The summed E-state index contributed by atoms with van der Waals surface area (Å²) in [7, 11) is 0. The molecule has 4 nitrogen and oxygen atoms in total. The zero-order valence-corrected chi connectivity index (χ0v) is 39.8. The predicted molar refractivity (Wildman–Crippen MR) is 277 cm³/mol. The summed E-state index contributed by atoms with van der Waals surface area (Å²) in [6.07, 6.45) is 2.31. The Labute approximate surface area is 396 Å². The predicted octanol–water partition coefficient (Wildman–Crippen LogP) is 14.9. The van der Waals surface area contributed by atoms with Gasteiger partial charge in [0, 0.05) is 40.1 Å². The number of fused-ring (bicyclic) bond motifs is 9. The molecule has 8 aromatic rings. The average Bonchev–Trinajstić information content (AvgIpc) is 3.33.